The van der Waals surface area contributed by atoms with Gasteiger partial charge in [-0.2, -0.15) is 0 Å². The highest BCUT2D eigenvalue weighted by atomic mass is 16.3. The van der Waals surface area contributed by atoms with Gasteiger partial charge < -0.3 is 9.52 Å². The zero-order valence-electron chi connectivity index (χ0n) is 16.8. The van der Waals surface area contributed by atoms with E-state index in [-0.39, 0.29) is 18.1 Å². The number of benzene rings is 3. The molecule has 2 aromatic heterocycles. The highest BCUT2D eigenvalue weighted by Gasteiger charge is 2.19. The minimum absolute atomic E-state index is 0.0125. The summed E-state index contributed by atoms with van der Waals surface area (Å²) in [5, 5.41) is 10.5. The Balaban J connectivity index is 1.43. The van der Waals surface area contributed by atoms with Crippen molar-refractivity contribution >= 4 is 16.8 Å². The number of rotatable bonds is 6. The molecule has 0 aliphatic carbocycles. The first kappa shape index (κ1) is 18.9. The predicted molar refractivity (Wildman–Crippen MR) is 118 cm³/mol. The second kappa shape index (κ2) is 7.95. The summed E-state index contributed by atoms with van der Waals surface area (Å²) >= 11 is 0. The van der Waals surface area contributed by atoms with Gasteiger partial charge in [0.25, 0.3) is 0 Å². The molecular formula is C26H21N2O3+. The molecule has 0 atom stereocenters. The van der Waals surface area contributed by atoms with Crippen molar-refractivity contribution in [2.24, 2.45) is 0 Å². The summed E-state index contributed by atoms with van der Waals surface area (Å²) in [6.45, 7) is 0.858. The number of phenolic OH excluding ortho intramolecular Hbond substituents is 1. The van der Waals surface area contributed by atoms with Gasteiger partial charge in [-0.25, -0.2) is 9.13 Å². The molecule has 5 aromatic rings. The first-order chi connectivity index (χ1) is 15.2. The van der Waals surface area contributed by atoms with E-state index in [1.54, 1.807) is 12.1 Å². The van der Waals surface area contributed by atoms with Gasteiger partial charge in [0.2, 0.25) is 12.1 Å². The molecule has 0 saturated carbocycles. The highest BCUT2D eigenvalue weighted by Crippen LogP contribution is 2.33. The Morgan fingerprint density at radius 2 is 1.68 bits per heavy atom. The van der Waals surface area contributed by atoms with Crippen LogP contribution in [0.4, 0.5) is 0 Å². The van der Waals surface area contributed by atoms with E-state index >= 15 is 0 Å². The Morgan fingerprint density at radius 1 is 0.935 bits per heavy atom. The molecule has 31 heavy (non-hydrogen) atoms. The van der Waals surface area contributed by atoms with E-state index in [1.165, 1.54) is 12.1 Å². The van der Waals surface area contributed by atoms with Crippen molar-refractivity contribution in [2.75, 3.05) is 0 Å². The van der Waals surface area contributed by atoms with Crippen LogP contribution in [0.5, 0.6) is 5.75 Å². The van der Waals surface area contributed by atoms with Crippen molar-refractivity contribution in [2.45, 2.75) is 13.1 Å². The molecule has 5 nitrogen and oxygen atoms in total. The molecule has 2 heterocycles. The van der Waals surface area contributed by atoms with E-state index in [9.17, 15) is 9.90 Å². The van der Waals surface area contributed by atoms with Crippen LogP contribution < -0.4 is 4.57 Å². The predicted octanol–water partition coefficient (Wildman–Crippen LogP) is 4.83. The number of carbonyl (C=O) groups is 1. The Bertz CT molecular complexity index is 1350. The van der Waals surface area contributed by atoms with Crippen LogP contribution in [0.25, 0.3) is 22.3 Å². The van der Waals surface area contributed by atoms with Gasteiger partial charge in [-0.15, -0.1) is 0 Å². The maximum Gasteiger partial charge on any atom is 0.244 e. The molecule has 0 fully saturated rings. The van der Waals surface area contributed by atoms with Crippen molar-refractivity contribution in [1.82, 2.24) is 4.57 Å². The van der Waals surface area contributed by atoms with Gasteiger partial charge in [0.1, 0.15) is 36.0 Å². The number of fused-ring (bicyclic) bond motifs is 1. The zero-order chi connectivity index (χ0) is 21.2. The number of phenols is 1. The fourth-order valence-electron chi connectivity index (χ4n) is 3.79. The van der Waals surface area contributed by atoms with Gasteiger partial charge in [0, 0.05) is 22.1 Å². The van der Waals surface area contributed by atoms with Gasteiger partial charge in [0.05, 0.1) is 0 Å². The molecule has 5 heteroatoms. The maximum atomic E-state index is 12.5. The topological polar surface area (TPSA) is 59.2 Å². The third kappa shape index (κ3) is 3.85. The standard InChI is InChI=1S/C26H20N2O3/c29-21-12-10-19(11-13-21)24(30)17-28-15-14-27(18-28)16-23-22-8-4-5-9-25(22)31-26(23)20-6-2-1-3-7-20/h1-15,18H,16-17H2/p+1. The number of furan rings is 1. The first-order valence-corrected chi connectivity index (χ1v) is 10.1. The van der Waals surface area contributed by atoms with Crippen LogP contribution in [0.1, 0.15) is 15.9 Å². The van der Waals surface area contributed by atoms with E-state index in [0.717, 1.165) is 27.9 Å². The van der Waals surface area contributed by atoms with Gasteiger partial charge in [0.15, 0.2) is 6.54 Å². The maximum absolute atomic E-state index is 12.5. The molecule has 152 valence electrons. The second-order valence-electron chi connectivity index (χ2n) is 7.50. The molecule has 0 aliphatic rings. The molecule has 0 spiro atoms. The molecule has 0 bridgehead atoms. The number of ketones is 1. The smallest absolute Gasteiger partial charge is 0.244 e. The number of hydrogen-bond donors (Lipinski definition) is 1. The van der Waals surface area contributed by atoms with Crippen molar-refractivity contribution in [1.29, 1.82) is 0 Å². The van der Waals surface area contributed by atoms with Crippen LogP contribution in [-0.4, -0.2) is 15.5 Å². The second-order valence-corrected chi connectivity index (χ2v) is 7.50. The summed E-state index contributed by atoms with van der Waals surface area (Å²) in [6.07, 6.45) is 5.78. The number of nitrogens with zero attached hydrogens (tertiary/aromatic N) is 2. The van der Waals surface area contributed by atoms with E-state index in [0.29, 0.717) is 12.1 Å². The summed E-state index contributed by atoms with van der Waals surface area (Å²) in [7, 11) is 0. The van der Waals surface area contributed by atoms with Gasteiger partial charge in [-0.05, 0) is 30.3 Å². The average molecular weight is 409 g/mol. The Kier molecular flexibility index (Phi) is 4.84. The molecule has 1 N–H and O–H groups in total. The number of aromatic nitrogens is 2. The number of Topliss-reactive ketones (excluding diaryl/α,β-unsaturated/α-hetero) is 1. The molecule has 0 saturated heterocycles. The lowest BCUT2D eigenvalue weighted by Gasteiger charge is -2.02. The number of aromatic hydroxyl groups is 1. The van der Waals surface area contributed by atoms with Gasteiger partial charge >= 0.3 is 0 Å². The summed E-state index contributed by atoms with van der Waals surface area (Å²) in [5.41, 5.74) is 3.58. The van der Waals surface area contributed by atoms with Crippen LogP contribution in [0, 0.1) is 0 Å². The molecule has 0 aliphatic heterocycles. The van der Waals surface area contributed by atoms with Crippen LogP contribution in [-0.2, 0) is 13.1 Å². The van der Waals surface area contributed by atoms with Crippen LogP contribution in [0.3, 0.4) is 0 Å². The minimum Gasteiger partial charge on any atom is -0.508 e. The lowest BCUT2D eigenvalue weighted by atomic mass is 10.1. The number of carbonyl (C=O) groups excluding carboxylic acids is 1. The molecule has 3 aromatic carbocycles. The van der Waals surface area contributed by atoms with Crippen LogP contribution >= 0.6 is 0 Å². The van der Waals surface area contributed by atoms with Crippen molar-refractivity contribution < 1.29 is 18.9 Å². The van der Waals surface area contributed by atoms with Crippen LogP contribution in [0.2, 0.25) is 0 Å². The lowest BCUT2D eigenvalue weighted by molar-refractivity contribution is -0.687. The number of hydrogen-bond acceptors (Lipinski definition) is 3. The Morgan fingerprint density at radius 3 is 2.48 bits per heavy atom. The fourth-order valence-corrected chi connectivity index (χ4v) is 3.79. The molecule has 0 amide bonds. The van der Waals surface area contributed by atoms with Crippen molar-refractivity contribution in [3.8, 4) is 17.1 Å². The summed E-state index contributed by atoms with van der Waals surface area (Å²) in [6, 6.07) is 24.5. The lowest BCUT2D eigenvalue weighted by Crippen LogP contribution is -2.32. The molecule has 5 rings (SSSR count). The third-order valence-electron chi connectivity index (χ3n) is 5.34. The normalized spacial score (nSPS) is 11.1. The van der Waals surface area contributed by atoms with E-state index in [2.05, 4.69) is 6.07 Å². The number of para-hydroxylation sites is 1. The first-order valence-electron chi connectivity index (χ1n) is 10.1. The van der Waals surface area contributed by atoms with Gasteiger partial charge in [-0.1, -0.05) is 48.5 Å². The monoisotopic (exact) mass is 409 g/mol. The van der Waals surface area contributed by atoms with Crippen LogP contribution in [0.15, 0.2) is 102 Å². The fraction of sp³-hybridized carbons (Fsp3) is 0.0769. The number of imidazole rings is 1. The van der Waals surface area contributed by atoms with E-state index in [4.69, 9.17) is 4.42 Å². The average Bonchev–Trinajstić information content (AvgIpc) is 3.39. The zero-order valence-corrected chi connectivity index (χ0v) is 16.8. The van der Waals surface area contributed by atoms with E-state index < -0.39 is 0 Å². The Labute approximate surface area is 179 Å². The summed E-state index contributed by atoms with van der Waals surface area (Å²) in [5.74, 6) is 1.00. The molecular weight excluding hydrogens is 388 g/mol. The van der Waals surface area contributed by atoms with E-state index in [1.807, 2.05) is 76.4 Å². The minimum atomic E-state index is -0.0125. The van der Waals surface area contributed by atoms with Crippen molar-refractivity contribution in [3.05, 3.63) is 109 Å². The quantitative estimate of drug-likeness (QED) is 0.323. The Hall–Kier alpha value is -4.12. The summed E-state index contributed by atoms with van der Waals surface area (Å²) in [4.78, 5) is 12.5. The molecule has 0 radical (unpaired) electrons. The summed E-state index contributed by atoms with van der Waals surface area (Å²) < 4.78 is 10.1. The third-order valence-corrected chi connectivity index (χ3v) is 5.34. The highest BCUT2D eigenvalue weighted by molar-refractivity contribution is 5.96. The SMILES string of the molecule is O=C(Cn1cc[n+](Cc2c(-c3ccccc3)oc3ccccc23)c1)c1ccc(O)cc1. The van der Waals surface area contributed by atoms with Gasteiger partial charge in [-0.3, -0.25) is 4.79 Å². The molecule has 0 unspecified atom stereocenters. The largest absolute Gasteiger partial charge is 0.508 e. The van der Waals surface area contributed by atoms with Crippen molar-refractivity contribution in [3.63, 3.8) is 0 Å².